The summed E-state index contributed by atoms with van der Waals surface area (Å²) in [5.41, 5.74) is 4.80. The monoisotopic (exact) mass is 611 g/mol. The molecule has 0 bridgehead atoms. The maximum Gasteiger partial charge on any atom is 1.00 e. The number of para-hydroxylation sites is 1. The van der Waals surface area contributed by atoms with Crippen LogP contribution in [-0.2, 0) is 16.1 Å². The van der Waals surface area contributed by atoms with Gasteiger partial charge in [0.05, 0.1) is 43.0 Å². The Bertz CT molecular complexity index is 1760. The van der Waals surface area contributed by atoms with Crippen LogP contribution in [0.2, 0.25) is 0 Å². The smallest absolute Gasteiger partial charge is 0.465 e. The third-order valence-electron chi connectivity index (χ3n) is 6.37. The molecule has 0 atom stereocenters. The number of unbranched alkanes of at least 4 members (excludes halogenated alkanes) is 1. The third kappa shape index (κ3) is 7.77. The first-order chi connectivity index (χ1) is 20.4. The van der Waals surface area contributed by atoms with Gasteiger partial charge in [-0.25, -0.2) is 9.59 Å². The molecule has 0 aliphatic carbocycles. The van der Waals surface area contributed by atoms with Crippen LogP contribution in [0.15, 0.2) is 76.0 Å². The Labute approximate surface area is 287 Å². The van der Waals surface area contributed by atoms with Gasteiger partial charge in [0, 0.05) is 0 Å². The van der Waals surface area contributed by atoms with Gasteiger partial charge < -0.3 is 23.8 Å². The Morgan fingerprint density at radius 3 is 2.47 bits per heavy atom. The van der Waals surface area contributed by atoms with Crippen molar-refractivity contribution in [3.05, 3.63) is 98.5 Å². The van der Waals surface area contributed by atoms with Gasteiger partial charge in [0.15, 0.2) is 0 Å². The molecular formula is C29H26KN5O8. The van der Waals surface area contributed by atoms with Crippen molar-refractivity contribution in [3.63, 3.8) is 0 Å². The summed E-state index contributed by atoms with van der Waals surface area (Å²) in [6.45, 7) is 2.62. The SMILES string of the molecule is CCOc1nc2cccc(C(=O)OCCCCO[N+](=O)[O-])c2n1Cc1ccc(-c2ccccc2-c2noc(=O)[n-]2)cc1.[K+]. The molecule has 14 heteroatoms. The minimum atomic E-state index is -0.850. The summed E-state index contributed by atoms with van der Waals surface area (Å²) in [6.07, 6.45) is 0.791. The summed E-state index contributed by atoms with van der Waals surface area (Å²) in [4.78, 5) is 47.5. The summed E-state index contributed by atoms with van der Waals surface area (Å²) in [5.74, 6) is -1.07. The van der Waals surface area contributed by atoms with Crippen molar-refractivity contribution in [1.29, 1.82) is 0 Å². The molecule has 43 heavy (non-hydrogen) atoms. The molecule has 216 valence electrons. The van der Waals surface area contributed by atoms with E-state index in [1.54, 1.807) is 18.2 Å². The number of benzene rings is 3. The van der Waals surface area contributed by atoms with E-state index in [0.29, 0.717) is 54.2 Å². The fraction of sp³-hybridized carbons (Fsp3) is 0.241. The van der Waals surface area contributed by atoms with Crippen molar-refractivity contribution < 1.29 is 80.1 Å². The number of ether oxygens (including phenoxy) is 2. The maximum atomic E-state index is 13.0. The molecule has 2 heterocycles. The van der Waals surface area contributed by atoms with Gasteiger partial charge in [-0.3, -0.25) is 9.72 Å². The molecule has 13 nitrogen and oxygen atoms in total. The molecular weight excluding hydrogens is 585 g/mol. The second-order valence-electron chi connectivity index (χ2n) is 9.11. The minimum absolute atomic E-state index is 0. The zero-order valence-corrected chi connectivity index (χ0v) is 26.7. The average molecular weight is 612 g/mol. The second-order valence-corrected chi connectivity index (χ2v) is 9.11. The number of rotatable bonds is 13. The van der Waals surface area contributed by atoms with Gasteiger partial charge in [-0.2, -0.15) is 4.98 Å². The molecule has 0 saturated carbocycles. The van der Waals surface area contributed by atoms with Gasteiger partial charge in [0.1, 0.15) is 0 Å². The number of hydrogen-bond acceptors (Lipinski definition) is 10. The van der Waals surface area contributed by atoms with E-state index in [4.69, 9.17) is 9.47 Å². The Balaban J connectivity index is 0.00000423. The normalized spacial score (nSPS) is 10.7. The third-order valence-corrected chi connectivity index (χ3v) is 6.37. The molecule has 5 rings (SSSR count). The number of carbonyl (C=O) groups excluding carboxylic acids is 1. The Morgan fingerprint density at radius 2 is 1.77 bits per heavy atom. The number of fused-ring (bicyclic) bond motifs is 1. The second kappa shape index (κ2) is 15.1. The van der Waals surface area contributed by atoms with E-state index in [2.05, 4.69) is 24.5 Å². The van der Waals surface area contributed by atoms with Crippen molar-refractivity contribution in [2.24, 2.45) is 0 Å². The fourth-order valence-corrected chi connectivity index (χ4v) is 4.52. The zero-order chi connectivity index (χ0) is 29.5. The number of nitrogens with zero attached hydrogens (tertiary/aromatic N) is 5. The van der Waals surface area contributed by atoms with Crippen LogP contribution in [-0.4, -0.2) is 45.6 Å². The number of hydrogen-bond donors (Lipinski definition) is 0. The summed E-state index contributed by atoms with van der Waals surface area (Å²) in [6, 6.07) is 20.8. The first-order valence-corrected chi connectivity index (χ1v) is 13.2. The summed E-state index contributed by atoms with van der Waals surface area (Å²) < 4.78 is 17.7. The number of esters is 1. The van der Waals surface area contributed by atoms with Crippen LogP contribution in [0.3, 0.4) is 0 Å². The molecule has 0 saturated heterocycles. The van der Waals surface area contributed by atoms with Gasteiger partial charge in [0.2, 0.25) is 0 Å². The van der Waals surface area contributed by atoms with E-state index in [-0.39, 0.29) is 70.4 Å². The fourth-order valence-electron chi connectivity index (χ4n) is 4.52. The van der Waals surface area contributed by atoms with Crippen molar-refractivity contribution >= 4 is 17.0 Å². The molecule has 0 N–H and O–H groups in total. The molecule has 3 aromatic carbocycles. The molecule has 0 fully saturated rings. The van der Waals surface area contributed by atoms with Gasteiger partial charge >= 0.3 is 63.1 Å². The van der Waals surface area contributed by atoms with Crippen LogP contribution in [0.25, 0.3) is 33.5 Å². The van der Waals surface area contributed by atoms with Crippen molar-refractivity contribution in [3.8, 4) is 28.5 Å². The van der Waals surface area contributed by atoms with Crippen molar-refractivity contribution in [2.75, 3.05) is 19.8 Å². The van der Waals surface area contributed by atoms with Crippen LogP contribution in [0.4, 0.5) is 0 Å². The van der Waals surface area contributed by atoms with Crippen LogP contribution in [0, 0.1) is 10.1 Å². The number of carbonyl (C=O) groups is 1. The van der Waals surface area contributed by atoms with E-state index >= 15 is 0 Å². The maximum absolute atomic E-state index is 13.0. The Morgan fingerprint density at radius 1 is 1.02 bits per heavy atom. The van der Waals surface area contributed by atoms with Crippen LogP contribution in [0.1, 0.15) is 35.7 Å². The predicted molar refractivity (Wildman–Crippen MR) is 149 cm³/mol. The molecule has 0 radical (unpaired) electrons. The van der Waals surface area contributed by atoms with E-state index in [0.717, 1.165) is 16.7 Å². The molecule has 0 amide bonds. The largest absolute Gasteiger partial charge is 1.00 e. The Kier molecular flexibility index (Phi) is 11.2. The molecule has 2 aromatic heterocycles. The molecule has 0 aliphatic heterocycles. The number of imidazole rings is 1. The van der Waals surface area contributed by atoms with Gasteiger partial charge in [0.25, 0.3) is 11.1 Å². The summed E-state index contributed by atoms with van der Waals surface area (Å²) in [7, 11) is 0. The van der Waals surface area contributed by atoms with E-state index in [9.17, 15) is 19.7 Å². The first kappa shape index (κ1) is 32.1. The standard InChI is InChI=1S/C29H27N5O8.K/c1-2-39-28-30-24-11-7-10-23(27(35)40-16-5-6-17-41-34(37)38)25(24)33(28)18-19-12-14-20(15-13-19)21-8-3-4-9-22(21)26-31-29(36)42-32-26;/h3-4,7-15H,2,5-6,16-18H2,1H3,(H,31,32,36);/q;+1/p-1. The van der Waals surface area contributed by atoms with E-state index in [1.807, 2.05) is 60.0 Å². The van der Waals surface area contributed by atoms with Gasteiger partial charge in [-0.05, 0) is 60.0 Å². The average Bonchev–Trinajstić information content (AvgIpc) is 3.58. The first-order valence-electron chi connectivity index (χ1n) is 13.2. The van der Waals surface area contributed by atoms with E-state index < -0.39 is 16.8 Å². The van der Waals surface area contributed by atoms with Crippen LogP contribution >= 0.6 is 0 Å². The van der Waals surface area contributed by atoms with Crippen LogP contribution < -0.4 is 66.9 Å². The van der Waals surface area contributed by atoms with E-state index in [1.165, 1.54) is 0 Å². The van der Waals surface area contributed by atoms with Crippen LogP contribution in [0.5, 0.6) is 6.01 Å². The quantitative estimate of drug-likeness (QED) is 0.0619. The van der Waals surface area contributed by atoms with Crippen molar-refractivity contribution in [1.82, 2.24) is 19.7 Å². The molecule has 0 aliphatic rings. The molecule has 0 unspecified atom stereocenters. The van der Waals surface area contributed by atoms with Gasteiger partial charge in [-0.15, -0.1) is 10.1 Å². The summed E-state index contributed by atoms with van der Waals surface area (Å²) in [5, 5.41) is 13.2. The molecule has 0 spiro atoms. The zero-order valence-electron chi connectivity index (χ0n) is 23.6. The van der Waals surface area contributed by atoms with Crippen molar-refractivity contribution in [2.45, 2.75) is 26.3 Å². The summed E-state index contributed by atoms with van der Waals surface area (Å²) >= 11 is 0. The minimum Gasteiger partial charge on any atom is -0.465 e. The topological polar surface area (TPSA) is 163 Å². The number of aromatic nitrogens is 4. The Hall–Kier alpha value is -3.82. The van der Waals surface area contributed by atoms with Gasteiger partial charge in [-0.1, -0.05) is 54.6 Å². The predicted octanol–water partition coefficient (Wildman–Crippen LogP) is 1.27. The molecule has 5 aromatic rings.